The zero-order valence-corrected chi connectivity index (χ0v) is 18.9. The minimum Gasteiger partial charge on any atom is -0.378 e. The van der Waals surface area contributed by atoms with Crippen LogP contribution in [0.15, 0.2) is 47.5 Å². The van der Waals surface area contributed by atoms with E-state index < -0.39 is 27.8 Å². The Hall–Kier alpha value is -3.13. The number of hydroxylamine groups is 1. The second kappa shape index (κ2) is 10.0. The molecule has 1 atom stereocenters. The Kier molecular flexibility index (Phi) is 7.07. The molecule has 3 heterocycles. The Morgan fingerprint density at radius 3 is 2.50 bits per heavy atom. The molecule has 13 heteroatoms. The second-order valence-electron chi connectivity index (χ2n) is 7.83. The van der Waals surface area contributed by atoms with Crippen LogP contribution in [0.4, 0.5) is 9.18 Å². The lowest BCUT2D eigenvalue weighted by atomic mass is 10.1. The smallest absolute Gasteiger partial charge is 0.320 e. The van der Waals surface area contributed by atoms with Crippen LogP contribution in [0, 0.1) is 5.82 Å². The molecule has 2 fully saturated rings. The summed E-state index contributed by atoms with van der Waals surface area (Å²) in [6.45, 7) is 1.30. The number of pyridine rings is 1. The van der Waals surface area contributed by atoms with Gasteiger partial charge < -0.3 is 14.5 Å². The number of morpholine rings is 1. The normalized spacial score (nSPS) is 19.6. The maximum atomic E-state index is 13.5. The fourth-order valence-electron chi connectivity index (χ4n) is 3.96. The molecule has 0 aliphatic carbocycles. The van der Waals surface area contributed by atoms with Crippen molar-refractivity contribution >= 4 is 22.0 Å². The lowest BCUT2D eigenvalue weighted by molar-refractivity contribution is -0.134. The van der Waals surface area contributed by atoms with Crippen molar-refractivity contribution in [3.05, 3.63) is 48.4 Å². The monoisotopic (exact) mass is 493 g/mol. The van der Waals surface area contributed by atoms with Gasteiger partial charge in [0.2, 0.25) is 10.0 Å². The summed E-state index contributed by atoms with van der Waals surface area (Å²) in [5.74, 6) is -1.40. The lowest BCUT2D eigenvalue weighted by Gasteiger charge is -2.41. The van der Waals surface area contributed by atoms with E-state index in [9.17, 15) is 27.6 Å². The third kappa shape index (κ3) is 4.87. The number of carbonyl (C=O) groups is 2. The molecule has 4 rings (SSSR count). The van der Waals surface area contributed by atoms with Crippen LogP contribution in [0.5, 0.6) is 0 Å². The number of nitrogens with zero attached hydrogens (tertiary/aromatic N) is 4. The van der Waals surface area contributed by atoms with Gasteiger partial charge in [-0.3, -0.25) is 15.0 Å². The molecule has 182 valence electrons. The van der Waals surface area contributed by atoms with Crippen LogP contribution in [0.25, 0.3) is 11.3 Å². The molecule has 0 unspecified atom stereocenters. The summed E-state index contributed by atoms with van der Waals surface area (Å²) in [6.07, 6.45) is 1.13. The van der Waals surface area contributed by atoms with Gasteiger partial charge in [0.1, 0.15) is 16.8 Å². The molecular formula is C21H24FN5O6S. The van der Waals surface area contributed by atoms with E-state index in [0.717, 1.165) is 10.5 Å². The Morgan fingerprint density at radius 1 is 1.09 bits per heavy atom. The summed E-state index contributed by atoms with van der Waals surface area (Å²) < 4.78 is 46.4. The first-order chi connectivity index (χ1) is 16.3. The molecule has 2 N–H and O–H groups in total. The maximum Gasteiger partial charge on any atom is 0.320 e. The van der Waals surface area contributed by atoms with E-state index in [-0.39, 0.29) is 30.6 Å². The number of hydrogen-bond donors (Lipinski definition) is 2. The number of urea groups is 1. The van der Waals surface area contributed by atoms with Crippen LogP contribution in [-0.4, -0.2) is 96.6 Å². The highest BCUT2D eigenvalue weighted by atomic mass is 32.2. The molecule has 1 aromatic heterocycles. The summed E-state index contributed by atoms with van der Waals surface area (Å²) in [7, 11) is -4.19. The first-order valence-corrected chi connectivity index (χ1v) is 12.0. The number of sulfonamides is 1. The summed E-state index contributed by atoms with van der Waals surface area (Å²) in [5, 5.41) is 9.21. The van der Waals surface area contributed by atoms with Gasteiger partial charge in [-0.15, -0.1) is 0 Å². The minimum atomic E-state index is -4.19. The summed E-state index contributed by atoms with van der Waals surface area (Å²) >= 11 is 0. The first-order valence-electron chi connectivity index (χ1n) is 10.6. The van der Waals surface area contributed by atoms with E-state index in [2.05, 4.69) is 4.98 Å². The highest BCUT2D eigenvalue weighted by molar-refractivity contribution is 7.89. The number of benzene rings is 1. The molecule has 2 aromatic rings. The van der Waals surface area contributed by atoms with Crippen LogP contribution >= 0.6 is 0 Å². The van der Waals surface area contributed by atoms with Gasteiger partial charge in [0.05, 0.1) is 18.9 Å². The van der Waals surface area contributed by atoms with Gasteiger partial charge in [0, 0.05) is 44.5 Å². The quantitative estimate of drug-likeness (QED) is 0.469. The molecule has 0 radical (unpaired) electrons. The fraction of sp³-hybridized carbons (Fsp3) is 0.381. The standard InChI is InChI=1S/C21H24FN5O6S/c22-16-3-1-2-15(12-16)18-5-4-17(13-23-18)34(31,32)27-7-6-26(14-19(27)20(28)24-30)21(29)25-8-10-33-11-9-25/h1-5,12-13,19,30H,6-11,14H2,(H,24,28)/t19-/m0/s1. The number of amides is 3. The van der Waals surface area contributed by atoms with Crippen LogP contribution < -0.4 is 5.48 Å². The van der Waals surface area contributed by atoms with Crippen LogP contribution in [0.3, 0.4) is 0 Å². The minimum absolute atomic E-state index is 0.0689. The molecule has 3 amide bonds. The summed E-state index contributed by atoms with van der Waals surface area (Å²) in [5.41, 5.74) is 2.36. The molecule has 0 saturated carbocycles. The molecule has 11 nitrogen and oxygen atoms in total. The van der Waals surface area contributed by atoms with Crippen molar-refractivity contribution in [2.45, 2.75) is 10.9 Å². The van der Waals surface area contributed by atoms with Gasteiger partial charge in [0.25, 0.3) is 5.91 Å². The van der Waals surface area contributed by atoms with E-state index in [4.69, 9.17) is 4.74 Å². The van der Waals surface area contributed by atoms with Gasteiger partial charge in [-0.2, -0.15) is 4.31 Å². The van der Waals surface area contributed by atoms with Crippen molar-refractivity contribution < 1.29 is 32.3 Å². The number of halogens is 1. The zero-order valence-electron chi connectivity index (χ0n) is 18.1. The number of hydrogen-bond acceptors (Lipinski definition) is 7. The second-order valence-corrected chi connectivity index (χ2v) is 9.72. The fourth-order valence-corrected chi connectivity index (χ4v) is 5.47. The van der Waals surface area contributed by atoms with E-state index in [1.807, 2.05) is 0 Å². The summed E-state index contributed by atoms with van der Waals surface area (Å²) in [6, 6.07) is 6.84. The molecule has 2 aliphatic heterocycles. The molecule has 1 aromatic carbocycles. The predicted octanol–water partition coefficient (Wildman–Crippen LogP) is 0.520. The average Bonchev–Trinajstić information content (AvgIpc) is 2.88. The molecular weight excluding hydrogens is 469 g/mol. The van der Waals surface area contributed by atoms with Crippen molar-refractivity contribution in [3.63, 3.8) is 0 Å². The van der Waals surface area contributed by atoms with Gasteiger partial charge >= 0.3 is 6.03 Å². The number of ether oxygens (including phenoxy) is 1. The zero-order chi connectivity index (χ0) is 24.3. The molecule has 0 spiro atoms. The Balaban J connectivity index is 1.55. The first kappa shape index (κ1) is 24.0. The molecule has 2 saturated heterocycles. The largest absolute Gasteiger partial charge is 0.378 e. The number of rotatable bonds is 4. The van der Waals surface area contributed by atoms with Gasteiger partial charge in [-0.1, -0.05) is 12.1 Å². The van der Waals surface area contributed by atoms with Crippen molar-refractivity contribution in [1.29, 1.82) is 0 Å². The molecule has 2 aliphatic rings. The predicted molar refractivity (Wildman–Crippen MR) is 117 cm³/mol. The Labute approximate surface area is 195 Å². The van der Waals surface area contributed by atoms with Gasteiger partial charge in [0.15, 0.2) is 0 Å². The average molecular weight is 494 g/mol. The molecule has 0 bridgehead atoms. The lowest BCUT2D eigenvalue weighted by Crippen LogP contribution is -2.63. The number of carbonyl (C=O) groups excluding carboxylic acids is 2. The van der Waals surface area contributed by atoms with Crippen LogP contribution in [0.1, 0.15) is 0 Å². The van der Waals surface area contributed by atoms with E-state index in [1.54, 1.807) is 11.0 Å². The summed E-state index contributed by atoms with van der Waals surface area (Å²) in [4.78, 5) is 32.2. The third-order valence-corrected chi connectivity index (χ3v) is 7.65. The maximum absolute atomic E-state index is 13.5. The Morgan fingerprint density at radius 2 is 1.85 bits per heavy atom. The van der Waals surface area contributed by atoms with Crippen molar-refractivity contribution in [1.82, 2.24) is 24.6 Å². The highest BCUT2D eigenvalue weighted by Crippen LogP contribution is 2.25. The third-order valence-electron chi connectivity index (χ3n) is 5.76. The topological polar surface area (TPSA) is 132 Å². The Bertz CT molecular complexity index is 1160. The highest BCUT2D eigenvalue weighted by Gasteiger charge is 2.42. The number of piperazine rings is 1. The van der Waals surface area contributed by atoms with E-state index in [0.29, 0.717) is 37.6 Å². The van der Waals surface area contributed by atoms with Gasteiger partial charge in [-0.25, -0.2) is 23.1 Å². The number of aromatic nitrogens is 1. The van der Waals surface area contributed by atoms with E-state index in [1.165, 1.54) is 40.7 Å². The van der Waals surface area contributed by atoms with Crippen molar-refractivity contribution in [2.24, 2.45) is 0 Å². The van der Waals surface area contributed by atoms with Crippen molar-refractivity contribution in [2.75, 3.05) is 45.9 Å². The SMILES string of the molecule is O=C(NO)[C@@H]1CN(C(=O)N2CCOCC2)CCN1S(=O)(=O)c1ccc(-c2cccc(F)c2)nc1. The van der Waals surface area contributed by atoms with Gasteiger partial charge in [-0.05, 0) is 24.3 Å². The van der Waals surface area contributed by atoms with Crippen LogP contribution in [-0.2, 0) is 19.6 Å². The molecule has 34 heavy (non-hydrogen) atoms. The van der Waals surface area contributed by atoms with Crippen molar-refractivity contribution in [3.8, 4) is 11.3 Å². The van der Waals surface area contributed by atoms with E-state index >= 15 is 0 Å². The number of nitrogens with one attached hydrogen (secondary N) is 1. The van der Waals surface area contributed by atoms with Crippen LogP contribution in [0.2, 0.25) is 0 Å².